The molecule has 28 heavy (non-hydrogen) atoms. The maximum absolute atomic E-state index is 2.34. The third kappa shape index (κ3) is 2.94. The van der Waals surface area contributed by atoms with Gasteiger partial charge in [0, 0.05) is 5.41 Å². The molecule has 0 aromatic heterocycles. The largest absolute Gasteiger partial charge is 0.0776 e. The summed E-state index contributed by atoms with van der Waals surface area (Å²) in [5, 5.41) is 2.59. The van der Waals surface area contributed by atoms with Gasteiger partial charge in [-0.3, -0.25) is 0 Å². The van der Waals surface area contributed by atoms with E-state index < -0.39 is 0 Å². The molecule has 4 aromatic rings. The van der Waals surface area contributed by atoms with Crippen molar-refractivity contribution in [3.05, 3.63) is 96.1 Å². The second kappa shape index (κ2) is 7.64. The molecule has 0 spiro atoms. The van der Waals surface area contributed by atoms with E-state index in [1.54, 1.807) is 0 Å². The van der Waals surface area contributed by atoms with E-state index in [2.05, 4.69) is 98.8 Å². The van der Waals surface area contributed by atoms with Gasteiger partial charge in [0.25, 0.3) is 0 Å². The average Bonchev–Trinajstić information content (AvgIpc) is 2.97. The van der Waals surface area contributed by atoms with Gasteiger partial charge in [0.05, 0.1) is 0 Å². The number of benzene rings is 4. The van der Waals surface area contributed by atoms with Crippen LogP contribution in [0.15, 0.2) is 84.9 Å². The SMILES string of the molecule is C.CC.CC1(C)c2ccccc2-c2c(-c3ccc4ccccc4c3)cccc21. The van der Waals surface area contributed by atoms with Gasteiger partial charge in [-0.25, -0.2) is 0 Å². The zero-order chi connectivity index (χ0) is 19.0. The highest BCUT2D eigenvalue weighted by Gasteiger charge is 2.36. The van der Waals surface area contributed by atoms with Crippen LogP contribution < -0.4 is 0 Å². The van der Waals surface area contributed by atoms with Gasteiger partial charge < -0.3 is 0 Å². The molecule has 0 radical (unpaired) electrons. The molecular formula is C28H30. The van der Waals surface area contributed by atoms with E-state index in [9.17, 15) is 0 Å². The maximum Gasteiger partial charge on any atom is 0.0159 e. The van der Waals surface area contributed by atoms with Crippen molar-refractivity contribution in [3.63, 3.8) is 0 Å². The summed E-state index contributed by atoms with van der Waals surface area (Å²) in [5.74, 6) is 0. The lowest BCUT2D eigenvalue weighted by Crippen LogP contribution is -2.14. The van der Waals surface area contributed by atoms with E-state index in [0.717, 1.165) is 0 Å². The Morgan fingerprint density at radius 3 is 1.96 bits per heavy atom. The van der Waals surface area contributed by atoms with Gasteiger partial charge >= 0.3 is 0 Å². The van der Waals surface area contributed by atoms with Crippen molar-refractivity contribution in [3.8, 4) is 22.3 Å². The van der Waals surface area contributed by atoms with Gasteiger partial charge in [0.2, 0.25) is 0 Å². The van der Waals surface area contributed by atoms with Gasteiger partial charge in [-0.05, 0) is 50.2 Å². The molecule has 0 N–H and O–H groups in total. The monoisotopic (exact) mass is 366 g/mol. The second-order valence-corrected chi connectivity index (χ2v) is 7.46. The van der Waals surface area contributed by atoms with Crippen LogP contribution in [-0.2, 0) is 5.41 Å². The molecule has 5 rings (SSSR count). The standard InChI is InChI=1S/C25H20.C2H6.CH4/c1-25(2)22-12-6-5-10-21(22)24-20(11-7-13-23(24)25)19-15-14-17-8-3-4-9-18(17)16-19;1-2;/h3-16H,1-2H3;1-2H3;1H4. The molecule has 0 saturated heterocycles. The average molecular weight is 367 g/mol. The Balaban J connectivity index is 0.000000728. The predicted octanol–water partition coefficient (Wildman–Crippen LogP) is 8.48. The summed E-state index contributed by atoms with van der Waals surface area (Å²) in [6, 6.07) is 31.0. The van der Waals surface area contributed by atoms with Crippen molar-refractivity contribution in [2.45, 2.75) is 40.5 Å². The van der Waals surface area contributed by atoms with Crippen LogP contribution in [0.3, 0.4) is 0 Å². The summed E-state index contributed by atoms with van der Waals surface area (Å²) in [4.78, 5) is 0. The lowest BCUT2D eigenvalue weighted by Gasteiger charge is -2.21. The number of hydrogen-bond donors (Lipinski definition) is 0. The molecule has 1 aliphatic carbocycles. The number of fused-ring (bicyclic) bond motifs is 4. The molecule has 0 nitrogen and oxygen atoms in total. The van der Waals surface area contributed by atoms with E-state index in [4.69, 9.17) is 0 Å². The van der Waals surface area contributed by atoms with Crippen molar-refractivity contribution >= 4 is 10.8 Å². The number of rotatable bonds is 1. The second-order valence-electron chi connectivity index (χ2n) is 7.46. The lowest BCUT2D eigenvalue weighted by molar-refractivity contribution is 0.660. The van der Waals surface area contributed by atoms with Crippen LogP contribution in [0, 0.1) is 0 Å². The molecule has 0 aliphatic heterocycles. The minimum Gasteiger partial charge on any atom is -0.0776 e. The van der Waals surface area contributed by atoms with Crippen molar-refractivity contribution in [2.75, 3.05) is 0 Å². The highest BCUT2D eigenvalue weighted by atomic mass is 14.4. The first-order valence-electron chi connectivity index (χ1n) is 9.89. The fraction of sp³-hybridized carbons (Fsp3) is 0.214. The first kappa shape index (κ1) is 19.9. The van der Waals surface area contributed by atoms with Gasteiger partial charge in [-0.2, -0.15) is 0 Å². The summed E-state index contributed by atoms with van der Waals surface area (Å²) < 4.78 is 0. The molecule has 0 heterocycles. The topological polar surface area (TPSA) is 0 Å². The quantitative estimate of drug-likeness (QED) is 0.317. The zero-order valence-electron chi connectivity index (χ0n) is 16.6. The third-order valence-electron chi connectivity index (χ3n) is 5.67. The van der Waals surface area contributed by atoms with E-state index in [-0.39, 0.29) is 12.8 Å². The molecule has 0 atom stereocenters. The van der Waals surface area contributed by atoms with E-state index in [1.807, 2.05) is 13.8 Å². The van der Waals surface area contributed by atoms with E-state index in [0.29, 0.717) is 0 Å². The fourth-order valence-electron chi connectivity index (χ4n) is 4.35. The zero-order valence-corrected chi connectivity index (χ0v) is 16.6. The normalized spacial score (nSPS) is 13.0. The van der Waals surface area contributed by atoms with E-state index >= 15 is 0 Å². The first-order chi connectivity index (χ1) is 13.2. The Hall–Kier alpha value is -2.86. The smallest absolute Gasteiger partial charge is 0.0159 e. The van der Waals surface area contributed by atoms with Gasteiger partial charge in [0.15, 0.2) is 0 Å². The van der Waals surface area contributed by atoms with Crippen LogP contribution in [0.5, 0.6) is 0 Å². The first-order valence-corrected chi connectivity index (χ1v) is 9.89. The van der Waals surface area contributed by atoms with Crippen LogP contribution in [0.25, 0.3) is 33.0 Å². The fourth-order valence-corrected chi connectivity index (χ4v) is 4.35. The van der Waals surface area contributed by atoms with Crippen LogP contribution >= 0.6 is 0 Å². The minimum atomic E-state index is 0. The number of hydrogen-bond acceptors (Lipinski definition) is 0. The summed E-state index contributed by atoms with van der Waals surface area (Å²) >= 11 is 0. The van der Waals surface area contributed by atoms with Crippen molar-refractivity contribution < 1.29 is 0 Å². The van der Waals surface area contributed by atoms with Crippen molar-refractivity contribution in [1.82, 2.24) is 0 Å². The van der Waals surface area contributed by atoms with Crippen LogP contribution in [0.2, 0.25) is 0 Å². The Labute approximate surface area is 169 Å². The van der Waals surface area contributed by atoms with Gasteiger partial charge in [0.1, 0.15) is 0 Å². The Kier molecular flexibility index (Phi) is 5.42. The summed E-state index contributed by atoms with van der Waals surface area (Å²) in [7, 11) is 0. The minimum absolute atomic E-state index is 0. The molecule has 142 valence electrons. The highest BCUT2D eigenvalue weighted by Crippen LogP contribution is 2.51. The highest BCUT2D eigenvalue weighted by molar-refractivity contribution is 5.95. The summed E-state index contributed by atoms with van der Waals surface area (Å²) in [6.45, 7) is 8.67. The van der Waals surface area contributed by atoms with Crippen molar-refractivity contribution in [2.24, 2.45) is 0 Å². The predicted molar refractivity (Wildman–Crippen MR) is 125 cm³/mol. The molecule has 0 unspecified atom stereocenters. The molecule has 0 fully saturated rings. The molecule has 1 aliphatic rings. The maximum atomic E-state index is 2.34. The summed E-state index contributed by atoms with van der Waals surface area (Å²) in [5.41, 5.74) is 8.32. The third-order valence-corrected chi connectivity index (χ3v) is 5.67. The molecule has 0 saturated carbocycles. The summed E-state index contributed by atoms with van der Waals surface area (Å²) in [6.07, 6.45) is 0. The Bertz CT molecular complexity index is 1120. The van der Waals surface area contributed by atoms with Gasteiger partial charge in [-0.15, -0.1) is 0 Å². The van der Waals surface area contributed by atoms with Crippen LogP contribution in [0.1, 0.15) is 46.2 Å². The molecule has 0 amide bonds. The van der Waals surface area contributed by atoms with Crippen LogP contribution in [0.4, 0.5) is 0 Å². The Morgan fingerprint density at radius 1 is 0.571 bits per heavy atom. The molecule has 0 heteroatoms. The van der Waals surface area contributed by atoms with Gasteiger partial charge in [-0.1, -0.05) is 114 Å². The lowest BCUT2D eigenvalue weighted by atomic mass is 9.82. The van der Waals surface area contributed by atoms with E-state index in [1.165, 1.54) is 44.2 Å². The van der Waals surface area contributed by atoms with Crippen LogP contribution in [-0.4, -0.2) is 0 Å². The molecular weight excluding hydrogens is 336 g/mol. The molecule has 4 aromatic carbocycles. The Morgan fingerprint density at radius 2 is 1.18 bits per heavy atom. The molecule has 0 bridgehead atoms. The van der Waals surface area contributed by atoms with Crippen molar-refractivity contribution in [1.29, 1.82) is 0 Å².